The highest BCUT2D eigenvalue weighted by atomic mass is 16.1. The van der Waals surface area contributed by atoms with Gasteiger partial charge in [0.25, 0.3) is 5.91 Å². The zero-order valence-corrected chi connectivity index (χ0v) is 12.1. The third kappa shape index (κ3) is 1.52. The number of benzene rings is 2. The van der Waals surface area contributed by atoms with Crippen molar-refractivity contribution in [3.05, 3.63) is 39.9 Å². The Hall–Kier alpha value is -1.83. The van der Waals surface area contributed by atoms with Crippen LogP contribution in [0.5, 0.6) is 0 Å². The smallest absolute Gasteiger partial charge is 0.256 e. The van der Waals surface area contributed by atoms with Crippen LogP contribution in [0.2, 0.25) is 0 Å². The van der Waals surface area contributed by atoms with Crippen LogP contribution in [0.1, 0.15) is 52.4 Å². The Balaban J connectivity index is 2.57. The van der Waals surface area contributed by atoms with Crippen molar-refractivity contribution < 1.29 is 4.79 Å². The Labute approximate surface area is 113 Å². The van der Waals surface area contributed by atoms with Crippen LogP contribution in [0.3, 0.4) is 0 Å². The quantitative estimate of drug-likeness (QED) is 0.799. The van der Waals surface area contributed by atoms with Crippen molar-refractivity contribution in [3.8, 4) is 0 Å². The van der Waals surface area contributed by atoms with Crippen molar-refractivity contribution in [2.45, 2.75) is 40.5 Å². The maximum absolute atomic E-state index is 12.2. The molecule has 3 rings (SSSR count). The molecule has 0 saturated carbocycles. The molecular formula is C17H19NO. The van der Waals surface area contributed by atoms with Crippen LogP contribution < -0.4 is 5.32 Å². The van der Waals surface area contributed by atoms with E-state index in [0.717, 1.165) is 22.2 Å². The average Bonchev–Trinajstić information content (AvgIpc) is 2.68. The van der Waals surface area contributed by atoms with Gasteiger partial charge in [0.15, 0.2) is 0 Å². The van der Waals surface area contributed by atoms with Crippen molar-refractivity contribution in [3.63, 3.8) is 0 Å². The molecule has 1 aliphatic rings. The third-order valence-electron chi connectivity index (χ3n) is 4.26. The Kier molecular flexibility index (Phi) is 2.46. The van der Waals surface area contributed by atoms with E-state index in [9.17, 15) is 4.79 Å². The van der Waals surface area contributed by atoms with E-state index >= 15 is 0 Å². The third-order valence-corrected chi connectivity index (χ3v) is 4.26. The van der Waals surface area contributed by atoms with Crippen LogP contribution in [0, 0.1) is 20.8 Å². The molecule has 19 heavy (non-hydrogen) atoms. The first-order chi connectivity index (χ1) is 8.91. The highest BCUT2D eigenvalue weighted by Crippen LogP contribution is 2.42. The summed E-state index contributed by atoms with van der Waals surface area (Å²) in [5, 5.41) is 5.40. The molecule has 2 aromatic carbocycles. The molecule has 98 valence electrons. The number of rotatable bonds is 1. The van der Waals surface area contributed by atoms with E-state index in [1.165, 1.54) is 22.1 Å². The number of amides is 1. The summed E-state index contributed by atoms with van der Waals surface area (Å²) in [4.78, 5) is 12.2. The molecule has 0 fully saturated rings. The van der Waals surface area contributed by atoms with Gasteiger partial charge in [0, 0.05) is 5.39 Å². The minimum Gasteiger partial charge on any atom is -0.321 e. The largest absolute Gasteiger partial charge is 0.321 e. The van der Waals surface area contributed by atoms with Crippen molar-refractivity contribution in [2.24, 2.45) is 0 Å². The monoisotopic (exact) mass is 253 g/mol. The normalized spacial score (nSPS) is 13.5. The molecular weight excluding hydrogens is 234 g/mol. The van der Waals surface area contributed by atoms with E-state index < -0.39 is 0 Å². The van der Waals surface area contributed by atoms with Crippen molar-refractivity contribution >= 4 is 22.4 Å². The number of aryl methyl sites for hydroxylation is 2. The summed E-state index contributed by atoms with van der Waals surface area (Å²) in [6.45, 7) is 10.6. The van der Waals surface area contributed by atoms with Gasteiger partial charge in [-0.15, -0.1) is 0 Å². The lowest BCUT2D eigenvalue weighted by Crippen LogP contribution is -2.06. The summed E-state index contributed by atoms with van der Waals surface area (Å²) >= 11 is 0. The number of hydrogen-bond acceptors (Lipinski definition) is 1. The first-order valence-electron chi connectivity index (χ1n) is 6.80. The van der Waals surface area contributed by atoms with Gasteiger partial charge >= 0.3 is 0 Å². The van der Waals surface area contributed by atoms with Crippen LogP contribution in [0.4, 0.5) is 5.69 Å². The molecule has 2 aromatic rings. The lowest BCUT2D eigenvalue weighted by molar-refractivity contribution is 0.103. The second-order valence-corrected chi connectivity index (χ2v) is 5.88. The van der Waals surface area contributed by atoms with Gasteiger partial charge in [0.05, 0.1) is 11.3 Å². The maximum Gasteiger partial charge on any atom is 0.256 e. The van der Waals surface area contributed by atoms with Crippen LogP contribution in [-0.4, -0.2) is 5.91 Å². The Bertz CT molecular complexity index is 726. The molecule has 0 unspecified atom stereocenters. The van der Waals surface area contributed by atoms with Crippen LogP contribution in [0.25, 0.3) is 10.8 Å². The molecule has 1 N–H and O–H groups in total. The molecule has 2 heteroatoms. The summed E-state index contributed by atoms with van der Waals surface area (Å²) < 4.78 is 0. The molecule has 0 saturated heterocycles. The fraction of sp³-hybridized carbons (Fsp3) is 0.353. The van der Waals surface area contributed by atoms with Crippen molar-refractivity contribution in [2.75, 3.05) is 5.32 Å². The first-order valence-corrected chi connectivity index (χ1v) is 6.80. The topological polar surface area (TPSA) is 29.1 Å². The van der Waals surface area contributed by atoms with E-state index in [2.05, 4.69) is 45.1 Å². The summed E-state index contributed by atoms with van der Waals surface area (Å²) in [6.07, 6.45) is 0. The van der Waals surface area contributed by atoms with Gasteiger partial charge in [-0.3, -0.25) is 4.79 Å². The molecule has 0 aliphatic carbocycles. The number of carbonyl (C=O) groups is 1. The Morgan fingerprint density at radius 1 is 1.05 bits per heavy atom. The molecule has 1 heterocycles. The average molecular weight is 253 g/mol. The second-order valence-electron chi connectivity index (χ2n) is 5.88. The SMILES string of the molecule is Cc1cc2c(C(C)C)cc(C)c3c2c(c1C)NC3=O. The summed E-state index contributed by atoms with van der Waals surface area (Å²) in [5.41, 5.74) is 6.70. The molecule has 0 radical (unpaired) electrons. The van der Waals surface area contributed by atoms with Gasteiger partial charge in [-0.25, -0.2) is 0 Å². The van der Waals surface area contributed by atoms with Gasteiger partial charge in [-0.2, -0.15) is 0 Å². The van der Waals surface area contributed by atoms with Gasteiger partial charge < -0.3 is 5.32 Å². The number of carbonyl (C=O) groups excluding carboxylic acids is 1. The minimum atomic E-state index is 0.0431. The molecule has 0 atom stereocenters. The minimum absolute atomic E-state index is 0.0431. The molecule has 2 nitrogen and oxygen atoms in total. The molecule has 0 bridgehead atoms. The lowest BCUT2D eigenvalue weighted by atomic mass is 9.88. The van der Waals surface area contributed by atoms with Crippen molar-refractivity contribution in [1.29, 1.82) is 0 Å². The standard InChI is InChI=1S/C17H19NO/c1-8(2)12-7-10(4)14-15-13(12)6-9(3)11(5)16(15)18-17(14)19/h6-8H,1-5H3,(H,18,19). The summed E-state index contributed by atoms with van der Waals surface area (Å²) in [6, 6.07) is 4.40. The highest BCUT2D eigenvalue weighted by molar-refractivity contribution is 6.26. The van der Waals surface area contributed by atoms with E-state index in [1.54, 1.807) is 0 Å². The van der Waals surface area contributed by atoms with Gasteiger partial charge in [0.1, 0.15) is 0 Å². The van der Waals surface area contributed by atoms with Crippen LogP contribution in [0.15, 0.2) is 12.1 Å². The van der Waals surface area contributed by atoms with Gasteiger partial charge in [0.2, 0.25) is 0 Å². The zero-order chi connectivity index (χ0) is 13.9. The van der Waals surface area contributed by atoms with Crippen molar-refractivity contribution in [1.82, 2.24) is 0 Å². The number of anilines is 1. The number of nitrogens with one attached hydrogen (secondary N) is 1. The predicted octanol–water partition coefficient (Wildman–Crippen LogP) is 4.45. The van der Waals surface area contributed by atoms with E-state index in [0.29, 0.717) is 5.92 Å². The zero-order valence-electron chi connectivity index (χ0n) is 12.1. The molecule has 1 amide bonds. The number of hydrogen-bond donors (Lipinski definition) is 1. The molecule has 0 spiro atoms. The van der Waals surface area contributed by atoms with Gasteiger partial charge in [-0.1, -0.05) is 26.0 Å². The highest BCUT2D eigenvalue weighted by Gasteiger charge is 2.27. The lowest BCUT2D eigenvalue weighted by Gasteiger charge is -2.15. The van der Waals surface area contributed by atoms with Crippen LogP contribution in [-0.2, 0) is 0 Å². The van der Waals surface area contributed by atoms with E-state index in [4.69, 9.17) is 0 Å². The fourth-order valence-corrected chi connectivity index (χ4v) is 3.09. The first kappa shape index (κ1) is 12.2. The predicted molar refractivity (Wildman–Crippen MR) is 80.2 cm³/mol. The Morgan fingerprint density at radius 2 is 1.74 bits per heavy atom. The Morgan fingerprint density at radius 3 is 2.37 bits per heavy atom. The summed E-state index contributed by atoms with van der Waals surface area (Å²) in [5.74, 6) is 0.500. The van der Waals surface area contributed by atoms with E-state index in [1.807, 2.05) is 6.92 Å². The molecule has 1 aliphatic heterocycles. The summed E-state index contributed by atoms with van der Waals surface area (Å²) in [7, 11) is 0. The fourth-order valence-electron chi connectivity index (χ4n) is 3.09. The van der Waals surface area contributed by atoms with E-state index in [-0.39, 0.29) is 5.91 Å². The molecule has 0 aromatic heterocycles. The van der Waals surface area contributed by atoms with Crippen LogP contribution >= 0.6 is 0 Å². The van der Waals surface area contributed by atoms with Gasteiger partial charge in [-0.05, 0) is 54.3 Å². The maximum atomic E-state index is 12.2. The second kappa shape index (κ2) is 3.83.